The zero-order chi connectivity index (χ0) is 19.3. The van der Waals surface area contributed by atoms with Gasteiger partial charge in [-0.05, 0) is 42.8 Å². The summed E-state index contributed by atoms with van der Waals surface area (Å²) >= 11 is 5.71. The highest BCUT2D eigenvalue weighted by Crippen LogP contribution is 2.15. The number of rotatable bonds is 11. The van der Waals surface area contributed by atoms with E-state index in [1.165, 1.54) is 18.4 Å². The van der Waals surface area contributed by atoms with Gasteiger partial charge in [-0.2, -0.15) is 0 Å². The third-order valence-corrected chi connectivity index (χ3v) is 5.26. The molecule has 1 saturated heterocycles. The van der Waals surface area contributed by atoms with Gasteiger partial charge in [-0.15, -0.1) is 0 Å². The van der Waals surface area contributed by atoms with Crippen LogP contribution in [0.15, 0.2) is 24.3 Å². The topological polar surface area (TPSA) is 37.0 Å². The first-order valence-electron chi connectivity index (χ1n) is 10.2. The van der Waals surface area contributed by atoms with Gasteiger partial charge in [-0.1, -0.05) is 31.9 Å². The second-order valence-electron chi connectivity index (χ2n) is 7.02. The van der Waals surface area contributed by atoms with Crippen LogP contribution < -0.4 is 10.1 Å². The Morgan fingerprint density at radius 3 is 2.81 bits per heavy atom. The summed E-state index contributed by atoms with van der Waals surface area (Å²) in [5.41, 5.74) is 1.22. The first-order valence-corrected chi connectivity index (χ1v) is 10.6. The summed E-state index contributed by atoms with van der Waals surface area (Å²) in [6.45, 7) is 9.80. The molecule has 5 nitrogen and oxygen atoms in total. The molecular weight excluding hydrogens is 358 g/mol. The Bertz CT molecular complexity index is 550. The lowest BCUT2D eigenvalue weighted by Gasteiger charge is -2.29. The molecule has 0 aliphatic carbocycles. The highest BCUT2D eigenvalue weighted by molar-refractivity contribution is 7.80. The molecule has 1 aromatic rings. The smallest absolute Gasteiger partial charge is 0.169 e. The SMILES string of the molecule is CCCCCNC(=S)N(CCCN1CCOCC1)Cc1cccc(OC)c1. The van der Waals surface area contributed by atoms with Crippen LogP contribution in [-0.4, -0.2) is 68.0 Å². The fourth-order valence-corrected chi connectivity index (χ4v) is 3.49. The monoisotopic (exact) mass is 393 g/mol. The summed E-state index contributed by atoms with van der Waals surface area (Å²) < 4.78 is 10.8. The summed E-state index contributed by atoms with van der Waals surface area (Å²) in [5.74, 6) is 0.891. The van der Waals surface area contributed by atoms with Crippen LogP contribution >= 0.6 is 12.2 Å². The molecule has 0 saturated carbocycles. The van der Waals surface area contributed by atoms with Gasteiger partial charge in [-0.25, -0.2) is 0 Å². The predicted octanol–water partition coefficient (Wildman–Crippen LogP) is 3.28. The second-order valence-corrected chi connectivity index (χ2v) is 7.41. The van der Waals surface area contributed by atoms with Gasteiger partial charge in [-0.3, -0.25) is 4.90 Å². The number of nitrogens with one attached hydrogen (secondary N) is 1. The van der Waals surface area contributed by atoms with E-state index in [0.29, 0.717) is 0 Å². The van der Waals surface area contributed by atoms with E-state index in [-0.39, 0.29) is 0 Å². The molecule has 0 spiro atoms. The Morgan fingerprint density at radius 2 is 2.07 bits per heavy atom. The third kappa shape index (κ3) is 8.45. The predicted molar refractivity (Wildman–Crippen MR) is 115 cm³/mol. The highest BCUT2D eigenvalue weighted by Gasteiger charge is 2.13. The van der Waals surface area contributed by atoms with E-state index in [9.17, 15) is 0 Å². The lowest BCUT2D eigenvalue weighted by molar-refractivity contribution is 0.0367. The fraction of sp³-hybridized carbons (Fsp3) is 0.667. The number of hydrogen-bond acceptors (Lipinski definition) is 4. The number of hydrogen-bond donors (Lipinski definition) is 1. The molecule has 1 aliphatic rings. The molecule has 0 atom stereocenters. The van der Waals surface area contributed by atoms with Crippen molar-refractivity contribution in [2.75, 3.05) is 53.0 Å². The van der Waals surface area contributed by atoms with Crippen LogP contribution in [0.2, 0.25) is 0 Å². The molecule has 0 unspecified atom stereocenters. The quantitative estimate of drug-likeness (QED) is 0.459. The van der Waals surface area contributed by atoms with Crippen molar-refractivity contribution in [3.8, 4) is 5.75 Å². The summed E-state index contributed by atoms with van der Waals surface area (Å²) in [6.07, 6.45) is 4.72. The zero-order valence-corrected chi connectivity index (χ0v) is 17.7. The van der Waals surface area contributed by atoms with Crippen molar-refractivity contribution < 1.29 is 9.47 Å². The Hall–Kier alpha value is -1.37. The zero-order valence-electron chi connectivity index (χ0n) is 16.9. The average Bonchev–Trinajstić information content (AvgIpc) is 2.71. The van der Waals surface area contributed by atoms with E-state index < -0.39 is 0 Å². The molecule has 152 valence electrons. The molecule has 0 bridgehead atoms. The number of morpholine rings is 1. The lowest BCUT2D eigenvalue weighted by Crippen LogP contribution is -2.42. The van der Waals surface area contributed by atoms with E-state index in [4.69, 9.17) is 21.7 Å². The molecule has 1 fully saturated rings. The largest absolute Gasteiger partial charge is 0.497 e. The summed E-state index contributed by atoms with van der Waals surface area (Å²) in [5, 5.41) is 4.30. The van der Waals surface area contributed by atoms with Crippen molar-refractivity contribution in [1.82, 2.24) is 15.1 Å². The van der Waals surface area contributed by atoms with Crippen molar-refractivity contribution in [1.29, 1.82) is 0 Å². The lowest BCUT2D eigenvalue weighted by atomic mass is 10.2. The number of ether oxygens (including phenoxy) is 2. The van der Waals surface area contributed by atoms with Crippen molar-refractivity contribution >= 4 is 17.3 Å². The van der Waals surface area contributed by atoms with E-state index in [2.05, 4.69) is 34.2 Å². The van der Waals surface area contributed by atoms with Gasteiger partial charge in [0, 0.05) is 39.3 Å². The Labute approximate surface area is 170 Å². The number of thiocarbonyl (C=S) groups is 1. The van der Waals surface area contributed by atoms with Gasteiger partial charge in [0.1, 0.15) is 5.75 Å². The van der Waals surface area contributed by atoms with Gasteiger partial charge in [0.2, 0.25) is 0 Å². The molecular formula is C21H35N3O2S. The van der Waals surface area contributed by atoms with Crippen molar-refractivity contribution in [2.45, 2.75) is 39.2 Å². The van der Waals surface area contributed by atoms with Crippen LogP contribution in [-0.2, 0) is 11.3 Å². The number of methoxy groups -OCH3 is 1. The fourth-order valence-electron chi connectivity index (χ4n) is 3.24. The first kappa shape index (κ1) is 21.9. The number of benzene rings is 1. The Balaban J connectivity index is 1.88. The van der Waals surface area contributed by atoms with E-state index >= 15 is 0 Å². The normalized spacial score (nSPS) is 14.7. The standard InChI is InChI=1S/C21H35N3O2S/c1-3-4-5-10-22-21(27)24(12-7-11-23-13-15-26-16-14-23)18-19-8-6-9-20(17-19)25-2/h6,8-9,17H,3-5,7,10-16,18H2,1-2H3,(H,22,27). The molecule has 1 heterocycles. The van der Waals surface area contributed by atoms with Crippen LogP contribution in [0.5, 0.6) is 5.75 Å². The average molecular weight is 394 g/mol. The van der Waals surface area contributed by atoms with Crippen LogP contribution in [0.25, 0.3) is 0 Å². The minimum absolute atomic E-state index is 0.805. The molecule has 1 aromatic carbocycles. The van der Waals surface area contributed by atoms with Crippen molar-refractivity contribution in [3.63, 3.8) is 0 Å². The maximum Gasteiger partial charge on any atom is 0.169 e. The van der Waals surface area contributed by atoms with Gasteiger partial charge in [0.05, 0.1) is 20.3 Å². The van der Waals surface area contributed by atoms with E-state index in [1.54, 1.807) is 7.11 Å². The minimum atomic E-state index is 0.805. The molecule has 0 radical (unpaired) electrons. The van der Waals surface area contributed by atoms with Gasteiger partial charge >= 0.3 is 0 Å². The maximum atomic E-state index is 5.71. The molecule has 0 aromatic heterocycles. The maximum absolute atomic E-state index is 5.71. The van der Waals surface area contributed by atoms with Crippen molar-refractivity contribution in [3.05, 3.63) is 29.8 Å². The highest BCUT2D eigenvalue weighted by atomic mass is 32.1. The van der Waals surface area contributed by atoms with E-state index in [0.717, 1.165) is 76.2 Å². The van der Waals surface area contributed by atoms with Gasteiger partial charge in [0.25, 0.3) is 0 Å². The van der Waals surface area contributed by atoms with Crippen LogP contribution in [0.3, 0.4) is 0 Å². The summed E-state index contributed by atoms with van der Waals surface area (Å²) in [6, 6.07) is 8.25. The van der Waals surface area contributed by atoms with Crippen LogP contribution in [0.4, 0.5) is 0 Å². The van der Waals surface area contributed by atoms with Gasteiger partial charge < -0.3 is 19.7 Å². The minimum Gasteiger partial charge on any atom is -0.497 e. The second kappa shape index (κ2) is 12.9. The Morgan fingerprint density at radius 1 is 1.26 bits per heavy atom. The molecule has 2 rings (SSSR count). The first-order chi connectivity index (χ1) is 13.2. The molecule has 27 heavy (non-hydrogen) atoms. The molecule has 6 heteroatoms. The summed E-state index contributed by atoms with van der Waals surface area (Å²) in [4.78, 5) is 4.77. The van der Waals surface area contributed by atoms with E-state index in [1.807, 2.05) is 12.1 Å². The summed E-state index contributed by atoms with van der Waals surface area (Å²) in [7, 11) is 1.71. The number of unbranched alkanes of at least 4 members (excludes halogenated alkanes) is 2. The Kier molecular flexibility index (Phi) is 10.5. The van der Waals surface area contributed by atoms with Crippen molar-refractivity contribution in [2.24, 2.45) is 0 Å². The van der Waals surface area contributed by atoms with Crippen LogP contribution in [0, 0.1) is 0 Å². The molecule has 1 N–H and O–H groups in total. The van der Waals surface area contributed by atoms with Gasteiger partial charge in [0.15, 0.2) is 5.11 Å². The van der Waals surface area contributed by atoms with Crippen LogP contribution in [0.1, 0.15) is 38.2 Å². The molecule has 0 amide bonds. The molecule has 1 aliphatic heterocycles. The third-order valence-electron chi connectivity index (χ3n) is 4.86. The number of nitrogens with zero attached hydrogens (tertiary/aromatic N) is 2.